The fourth-order valence-electron chi connectivity index (χ4n) is 4.31. The molecule has 1 fully saturated rings. The molecule has 0 saturated carbocycles. The third-order valence-electron chi connectivity index (χ3n) is 5.85. The minimum absolute atomic E-state index is 0.0841. The highest BCUT2D eigenvalue weighted by atomic mass is 79.9. The number of rotatable bonds is 3. The lowest BCUT2D eigenvalue weighted by molar-refractivity contribution is -0.132. The van der Waals surface area contributed by atoms with Crippen LogP contribution >= 0.6 is 15.9 Å². The number of aryl methyl sites for hydroxylation is 1. The van der Waals surface area contributed by atoms with E-state index >= 15 is 0 Å². The molecule has 3 aromatic rings. The van der Waals surface area contributed by atoms with Crippen LogP contribution in [0.4, 0.5) is 5.69 Å². The lowest BCUT2D eigenvalue weighted by atomic mass is 9.94. The van der Waals surface area contributed by atoms with Crippen molar-refractivity contribution in [2.45, 2.75) is 18.9 Å². The molecule has 6 heteroatoms. The van der Waals surface area contributed by atoms with Gasteiger partial charge in [-0.1, -0.05) is 46.3 Å². The summed E-state index contributed by atoms with van der Waals surface area (Å²) in [5, 5.41) is 11.3. The van der Waals surface area contributed by atoms with Gasteiger partial charge >= 0.3 is 0 Å². The lowest BCUT2D eigenvalue weighted by Gasteiger charge is -2.25. The van der Waals surface area contributed by atoms with Gasteiger partial charge in [-0.05, 0) is 66.4 Å². The molecule has 3 aromatic carbocycles. The molecule has 2 aliphatic rings. The number of nitrogens with zero attached hydrogens (tertiary/aromatic N) is 1. The number of carbonyl (C=O) groups is 2. The predicted octanol–water partition coefficient (Wildman–Crippen LogP) is 5.40. The van der Waals surface area contributed by atoms with Crippen molar-refractivity contribution in [3.8, 4) is 5.75 Å². The maximum atomic E-state index is 13.2. The third-order valence-corrected chi connectivity index (χ3v) is 6.38. The minimum atomic E-state index is -0.732. The van der Waals surface area contributed by atoms with Crippen molar-refractivity contribution in [2.24, 2.45) is 0 Å². The molecule has 2 heterocycles. The largest absolute Gasteiger partial charge is 0.507 e. The molecule has 0 spiro atoms. The van der Waals surface area contributed by atoms with Crippen LogP contribution in [0.5, 0.6) is 5.75 Å². The summed E-state index contributed by atoms with van der Waals surface area (Å²) in [7, 11) is 0. The molecule has 0 aromatic heterocycles. The summed E-state index contributed by atoms with van der Waals surface area (Å²) in [5.74, 6) is -0.745. The van der Waals surface area contributed by atoms with E-state index in [0.29, 0.717) is 17.9 Å². The van der Waals surface area contributed by atoms with Crippen LogP contribution in [0.25, 0.3) is 5.76 Å². The highest BCUT2D eigenvalue weighted by Crippen LogP contribution is 2.42. The number of benzene rings is 3. The first-order valence-electron chi connectivity index (χ1n) is 10.4. The molecule has 1 saturated heterocycles. The second-order valence-corrected chi connectivity index (χ2v) is 8.75. The molecule has 0 radical (unpaired) electrons. The van der Waals surface area contributed by atoms with Crippen LogP contribution in [0.2, 0.25) is 0 Å². The molecular formula is C26H20BrNO4. The zero-order valence-corrected chi connectivity index (χ0v) is 18.7. The Bertz CT molecular complexity index is 1230. The van der Waals surface area contributed by atoms with E-state index in [1.165, 1.54) is 4.90 Å². The van der Waals surface area contributed by atoms with E-state index in [1.54, 1.807) is 18.2 Å². The smallest absolute Gasteiger partial charge is 0.300 e. The number of aliphatic hydroxyl groups is 1. The number of hydrogen-bond donors (Lipinski definition) is 1. The zero-order valence-electron chi connectivity index (χ0n) is 17.1. The number of ether oxygens (including phenoxy) is 1. The molecule has 0 bridgehead atoms. The average Bonchev–Trinajstić information content (AvgIpc) is 3.10. The second kappa shape index (κ2) is 8.28. The van der Waals surface area contributed by atoms with Crippen LogP contribution in [0, 0.1) is 0 Å². The van der Waals surface area contributed by atoms with Crippen LogP contribution in [-0.2, 0) is 16.0 Å². The van der Waals surface area contributed by atoms with Gasteiger partial charge < -0.3 is 9.84 Å². The van der Waals surface area contributed by atoms with Crippen molar-refractivity contribution in [2.75, 3.05) is 11.5 Å². The molecule has 0 aliphatic carbocycles. The summed E-state index contributed by atoms with van der Waals surface area (Å²) in [5.41, 5.74) is 2.91. The van der Waals surface area contributed by atoms with Gasteiger partial charge in [0.15, 0.2) is 0 Å². The van der Waals surface area contributed by atoms with Gasteiger partial charge in [-0.2, -0.15) is 0 Å². The lowest BCUT2D eigenvalue weighted by Crippen LogP contribution is -2.29. The summed E-state index contributed by atoms with van der Waals surface area (Å²) in [6.07, 6.45) is 1.74. The van der Waals surface area contributed by atoms with E-state index in [2.05, 4.69) is 15.9 Å². The van der Waals surface area contributed by atoms with E-state index < -0.39 is 17.7 Å². The Morgan fingerprint density at radius 2 is 1.75 bits per heavy atom. The Morgan fingerprint density at radius 3 is 2.50 bits per heavy atom. The Morgan fingerprint density at radius 1 is 1.00 bits per heavy atom. The van der Waals surface area contributed by atoms with Crippen molar-refractivity contribution in [3.05, 3.63) is 99.5 Å². The Hall–Kier alpha value is -3.38. The third kappa shape index (κ3) is 3.50. The number of Topliss-reactive ketones (excluding diaryl/α,β-unsaturated/α-hetero) is 1. The van der Waals surface area contributed by atoms with Crippen molar-refractivity contribution < 1.29 is 19.4 Å². The van der Waals surface area contributed by atoms with Gasteiger partial charge in [-0.3, -0.25) is 14.5 Å². The van der Waals surface area contributed by atoms with Crippen LogP contribution in [0.3, 0.4) is 0 Å². The highest BCUT2D eigenvalue weighted by molar-refractivity contribution is 9.10. The number of anilines is 1. The minimum Gasteiger partial charge on any atom is -0.507 e. The molecule has 5 nitrogen and oxygen atoms in total. The second-order valence-electron chi connectivity index (χ2n) is 7.83. The Kier molecular flexibility index (Phi) is 5.31. The van der Waals surface area contributed by atoms with E-state index in [-0.39, 0.29) is 11.3 Å². The molecule has 2 aliphatic heterocycles. The summed E-state index contributed by atoms with van der Waals surface area (Å²) >= 11 is 3.41. The van der Waals surface area contributed by atoms with Crippen LogP contribution in [-0.4, -0.2) is 23.4 Å². The maximum absolute atomic E-state index is 13.2. The molecule has 1 unspecified atom stereocenters. The monoisotopic (exact) mass is 489 g/mol. The fourth-order valence-corrected chi connectivity index (χ4v) is 4.58. The van der Waals surface area contributed by atoms with E-state index in [9.17, 15) is 14.7 Å². The topological polar surface area (TPSA) is 66.8 Å². The molecule has 5 rings (SSSR count). The van der Waals surface area contributed by atoms with Crippen molar-refractivity contribution in [1.82, 2.24) is 0 Å². The first kappa shape index (κ1) is 20.5. The van der Waals surface area contributed by atoms with Crippen LogP contribution in [0.15, 0.2) is 82.8 Å². The summed E-state index contributed by atoms with van der Waals surface area (Å²) in [4.78, 5) is 27.8. The quantitative estimate of drug-likeness (QED) is 0.303. The number of ketones is 1. The van der Waals surface area contributed by atoms with Crippen molar-refractivity contribution in [3.63, 3.8) is 0 Å². The number of halogens is 1. The van der Waals surface area contributed by atoms with Gasteiger partial charge in [0.05, 0.1) is 18.2 Å². The summed E-state index contributed by atoms with van der Waals surface area (Å²) < 4.78 is 6.53. The van der Waals surface area contributed by atoms with Crippen molar-refractivity contribution >= 4 is 39.1 Å². The first-order valence-corrected chi connectivity index (χ1v) is 11.2. The molecule has 1 atom stereocenters. The number of carbonyl (C=O) groups excluding carboxylic acids is 2. The Balaban J connectivity index is 1.68. The van der Waals surface area contributed by atoms with Gasteiger partial charge in [0.2, 0.25) is 0 Å². The number of amides is 1. The number of aliphatic hydroxyl groups excluding tert-OH is 1. The first-order chi connectivity index (χ1) is 15.5. The fraction of sp³-hybridized carbons (Fsp3) is 0.154. The van der Waals surface area contributed by atoms with Gasteiger partial charge in [-0.25, -0.2) is 0 Å². The number of fused-ring (bicyclic) bond motifs is 1. The maximum Gasteiger partial charge on any atom is 0.300 e. The normalized spacial score (nSPS) is 19.5. The summed E-state index contributed by atoms with van der Waals surface area (Å²) in [6, 6.07) is 21.2. The van der Waals surface area contributed by atoms with Gasteiger partial charge in [0.1, 0.15) is 11.5 Å². The van der Waals surface area contributed by atoms with E-state index in [1.807, 2.05) is 54.6 Å². The molecule has 160 valence electrons. The SMILES string of the molecule is O=C1C(=O)N(c2ccc(Br)cc2)C(c2ccccc2)/C1=C(/O)c1ccc2c(c1)CCCO2. The zero-order chi connectivity index (χ0) is 22.2. The predicted molar refractivity (Wildman–Crippen MR) is 126 cm³/mol. The van der Waals surface area contributed by atoms with Crippen LogP contribution in [0.1, 0.15) is 29.2 Å². The highest BCUT2D eigenvalue weighted by Gasteiger charge is 2.46. The molecular weight excluding hydrogens is 470 g/mol. The van der Waals surface area contributed by atoms with Crippen LogP contribution < -0.4 is 9.64 Å². The average molecular weight is 490 g/mol. The van der Waals surface area contributed by atoms with Crippen molar-refractivity contribution in [1.29, 1.82) is 0 Å². The molecule has 1 amide bonds. The van der Waals surface area contributed by atoms with Gasteiger partial charge in [0.25, 0.3) is 11.7 Å². The molecule has 32 heavy (non-hydrogen) atoms. The van der Waals surface area contributed by atoms with E-state index in [4.69, 9.17) is 4.74 Å². The number of hydrogen-bond acceptors (Lipinski definition) is 4. The standard InChI is InChI=1S/C26H20BrNO4/c27-19-9-11-20(12-10-19)28-23(16-5-2-1-3-6-16)22(25(30)26(28)31)24(29)18-8-13-21-17(15-18)7-4-14-32-21/h1-3,5-6,8-13,15,23,29H,4,7,14H2/b24-22-. The van der Waals surface area contributed by atoms with Gasteiger partial charge in [-0.15, -0.1) is 0 Å². The summed E-state index contributed by atoms with van der Waals surface area (Å²) in [6.45, 7) is 0.671. The molecule has 1 N–H and O–H groups in total. The van der Waals surface area contributed by atoms with E-state index in [0.717, 1.165) is 34.2 Å². The Labute approximate surface area is 194 Å². The van der Waals surface area contributed by atoms with Gasteiger partial charge in [0, 0.05) is 15.7 Å².